The van der Waals surface area contributed by atoms with E-state index in [0.717, 1.165) is 15.6 Å². The molecule has 0 bridgehead atoms. The minimum Gasteiger partial charge on any atom is -0.366 e. The minimum absolute atomic E-state index is 0.411. The van der Waals surface area contributed by atoms with Crippen molar-refractivity contribution in [2.24, 2.45) is 5.73 Å². The molecule has 2 N–H and O–H groups in total. The van der Waals surface area contributed by atoms with Gasteiger partial charge in [-0.2, -0.15) is 0 Å². The molecule has 2 aromatic rings. The van der Waals surface area contributed by atoms with Gasteiger partial charge in [-0.1, -0.05) is 46.3 Å². The fourth-order valence-corrected chi connectivity index (χ4v) is 1.95. The van der Waals surface area contributed by atoms with E-state index < -0.39 is 5.91 Å². The standard InChI is InChI=1S/C13H10BrNO/c14-10-6-7-11(13(15)16)12(8-10)9-4-2-1-3-5-9/h1-8H,(H2,15,16). The van der Waals surface area contributed by atoms with Crippen molar-refractivity contribution >= 4 is 21.8 Å². The Balaban J connectivity index is 2.63. The van der Waals surface area contributed by atoms with E-state index >= 15 is 0 Å². The molecule has 0 radical (unpaired) electrons. The Hall–Kier alpha value is -1.61. The van der Waals surface area contributed by atoms with Crippen LogP contribution in [0.25, 0.3) is 11.1 Å². The Morgan fingerprint density at radius 1 is 1.06 bits per heavy atom. The number of nitrogens with two attached hydrogens (primary N) is 1. The van der Waals surface area contributed by atoms with E-state index in [4.69, 9.17) is 5.73 Å². The Morgan fingerprint density at radius 2 is 1.75 bits per heavy atom. The summed E-state index contributed by atoms with van der Waals surface area (Å²) in [6, 6.07) is 15.1. The molecule has 0 saturated carbocycles. The predicted octanol–water partition coefficient (Wildman–Crippen LogP) is 3.22. The highest BCUT2D eigenvalue weighted by Gasteiger charge is 2.09. The molecule has 0 spiro atoms. The normalized spacial score (nSPS) is 10.1. The van der Waals surface area contributed by atoms with Gasteiger partial charge >= 0.3 is 0 Å². The number of benzene rings is 2. The molecule has 1 amide bonds. The summed E-state index contributed by atoms with van der Waals surface area (Å²) in [6.07, 6.45) is 0. The molecule has 2 nitrogen and oxygen atoms in total. The number of carbonyl (C=O) groups excluding carboxylic acids is 1. The van der Waals surface area contributed by atoms with Crippen molar-refractivity contribution in [2.75, 3.05) is 0 Å². The average Bonchev–Trinajstić information content (AvgIpc) is 2.29. The molecule has 16 heavy (non-hydrogen) atoms. The van der Waals surface area contributed by atoms with Crippen LogP contribution >= 0.6 is 15.9 Å². The lowest BCUT2D eigenvalue weighted by Crippen LogP contribution is -2.12. The summed E-state index contributed by atoms with van der Waals surface area (Å²) in [5, 5.41) is 0. The first-order valence-corrected chi connectivity index (χ1v) is 5.62. The van der Waals surface area contributed by atoms with Gasteiger partial charge in [0, 0.05) is 10.0 Å². The van der Waals surface area contributed by atoms with Crippen molar-refractivity contribution < 1.29 is 4.79 Å². The quantitative estimate of drug-likeness (QED) is 0.899. The maximum absolute atomic E-state index is 11.3. The summed E-state index contributed by atoms with van der Waals surface area (Å²) in [5.74, 6) is -0.411. The van der Waals surface area contributed by atoms with E-state index in [1.54, 1.807) is 6.07 Å². The van der Waals surface area contributed by atoms with Gasteiger partial charge in [0.05, 0.1) is 0 Å². The second-order valence-electron chi connectivity index (χ2n) is 3.42. The van der Waals surface area contributed by atoms with Crippen molar-refractivity contribution in [1.82, 2.24) is 0 Å². The summed E-state index contributed by atoms with van der Waals surface area (Å²) < 4.78 is 0.927. The van der Waals surface area contributed by atoms with E-state index in [9.17, 15) is 4.79 Å². The van der Waals surface area contributed by atoms with Gasteiger partial charge in [-0.15, -0.1) is 0 Å². The number of amides is 1. The van der Waals surface area contributed by atoms with Gasteiger partial charge < -0.3 is 5.73 Å². The number of rotatable bonds is 2. The monoisotopic (exact) mass is 275 g/mol. The molecular formula is C13H10BrNO. The summed E-state index contributed by atoms with van der Waals surface area (Å²) in [6.45, 7) is 0. The summed E-state index contributed by atoms with van der Waals surface area (Å²) in [5.41, 5.74) is 7.72. The summed E-state index contributed by atoms with van der Waals surface area (Å²) >= 11 is 3.39. The molecule has 0 unspecified atom stereocenters. The van der Waals surface area contributed by atoms with E-state index in [1.807, 2.05) is 42.5 Å². The van der Waals surface area contributed by atoms with Crippen LogP contribution in [0.15, 0.2) is 53.0 Å². The fourth-order valence-electron chi connectivity index (χ4n) is 1.59. The number of carbonyl (C=O) groups is 1. The maximum Gasteiger partial charge on any atom is 0.249 e. The van der Waals surface area contributed by atoms with Gasteiger partial charge in [-0.3, -0.25) is 4.79 Å². The van der Waals surface area contributed by atoms with Crippen LogP contribution in [0.4, 0.5) is 0 Å². The highest BCUT2D eigenvalue weighted by atomic mass is 79.9. The first-order valence-electron chi connectivity index (χ1n) is 4.83. The predicted molar refractivity (Wildman–Crippen MR) is 68.1 cm³/mol. The van der Waals surface area contributed by atoms with Gasteiger partial charge in [0.1, 0.15) is 0 Å². The van der Waals surface area contributed by atoms with E-state index in [2.05, 4.69) is 15.9 Å². The first-order chi connectivity index (χ1) is 7.68. The molecule has 80 valence electrons. The smallest absolute Gasteiger partial charge is 0.249 e. The third-order valence-electron chi connectivity index (χ3n) is 2.33. The van der Waals surface area contributed by atoms with E-state index in [0.29, 0.717) is 5.56 Å². The zero-order valence-corrected chi connectivity index (χ0v) is 10.1. The molecule has 3 heteroatoms. The topological polar surface area (TPSA) is 43.1 Å². The van der Waals surface area contributed by atoms with Crippen molar-refractivity contribution in [2.45, 2.75) is 0 Å². The van der Waals surface area contributed by atoms with E-state index in [1.165, 1.54) is 0 Å². The molecule has 0 aliphatic rings. The van der Waals surface area contributed by atoms with Crippen LogP contribution in [0.3, 0.4) is 0 Å². The van der Waals surface area contributed by atoms with Crippen molar-refractivity contribution in [3.05, 3.63) is 58.6 Å². The first kappa shape index (κ1) is 10.9. The van der Waals surface area contributed by atoms with Crippen LogP contribution in [0.5, 0.6) is 0 Å². The second kappa shape index (κ2) is 4.49. The van der Waals surface area contributed by atoms with Gasteiger partial charge in [-0.05, 0) is 29.3 Å². The zero-order valence-electron chi connectivity index (χ0n) is 8.48. The average molecular weight is 276 g/mol. The number of primary amides is 1. The highest BCUT2D eigenvalue weighted by molar-refractivity contribution is 9.10. The van der Waals surface area contributed by atoms with Crippen molar-refractivity contribution in [3.8, 4) is 11.1 Å². The molecule has 2 aromatic carbocycles. The van der Waals surface area contributed by atoms with Crippen LogP contribution < -0.4 is 5.73 Å². The number of hydrogen-bond donors (Lipinski definition) is 1. The molecule has 0 aliphatic heterocycles. The second-order valence-corrected chi connectivity index (χ2v) is 4.34. The molecule has 0 aromatic heterocycles. The van der Waals surface area contributed by atoms with Gasteiger partial charge in [-0.25, -0.2) is 0 Å². The number of hydrogen-bond acceptors (Lipinski definition) is 1. The van der Waals surface area contributed by atoms with Crippen LogP contribution in [0, 0.1) is 0 Å². The van der Waals surface area contributed by atoms with Crippen LogP contribution in [0.1, 0.15) is 10.4 Å². The molecule has 0 heterocycles. The lowest BCUT2D eigenvalue weighted by atomic mass is 9.99. The summed E-state index contributed by atoms with van der Waals surface area (Å²) in [4.78, 5) is 11.3. The maximum atomic E-state index is 11.3. The Kier molecular flexibility index (Phi) is 3.06. The summed E-state index contributed by atoms with van der Waals surface area (Å²) in [7, 11) is 0. The SMILES string of the molecule is NC(=O)c1ccc(Br)cc1-c1ccccc1. The van der Waals surface area contributed by atoms with Crippen LogP contribution in [-0.4, -0.2) is 5.91 Å². The third-order valence-corrected chi connectivity index (χ3v) is 2.83. The number of halogens is 1. The Bertz CT molecular complexity index is 523. The van der Waals surface area contributed by atoms with Gasteiger partial charge in [0.15, 0.2) is 0 Å². The molecule has 0 aliphatic carbocycles. The van der Waals surface area contributed by atoms with Crippen molar-refractivity contribution in [3.63, 3.8) is 0 Å². The Labute approximate surface area is 102 Å². The fraction of sp³-hybridized carbons (Fsp3) is 0. The highest BCUT2D eigenvalue weighted by Crippen LogP contribution is 2.26. The van der Waals surface area contributed by atoms with Gasteiger partial charge in [0.2, 0.25) is 5.91 Å². The largest absolute Gasteiger partial charge is 0.366 e. The zero-order chi connectivity index (χ0) is 11.5. The third kappa shape index (κ3) is 2.14. The van der Waals surface area contributed by atoms with Gasteiger partial charge in [0.25, 0.3) is 0 Å². The molecular weight excluding hydrogens is 266 g/mol. The van der Waals surface area contributed by atoms with Crippen LogP contribution in [-0.2, 0) is 0 Å². The van der Waals surface area contributed by atoms with Crippen molar-refractivity contribution in [1.29, 1.82) is 0 Å². The molecule has 2 rings (SSSR count). The molecule has 0 saturated heterocycles. The Morgan fingerprint density at radius 3 is 2.38 bits per heavy atom. The van der Waals surface area contributed by atoms with E-state index in [-0.39, 0.29) is 0 Å². The minimum atomic E-state index is -0.411. The molecule has 0 fully saturated rings. The lowest BCUT2D eigenvalue weighted by Gasteiger charge is -2.07. The van der Waals surface area contributed by atoms with Crippen LogP contribution in [0.2, 0.25) is 0 Å². The lowest BCUT2D eigenvalue weighted by molar-refractivity contribution is 0.100. The molecule has 0 atom stereocenters.